The summed E-state index contributed by atoms with van der Waals surface area (Å²) in [5.41, 5.74) is 5.36. The molecule has 0 aromatic carbocycles. The fraction of sp³-hybridized carbons (Fsp3) is 0.750. The summed E-state index contributed by atoms with van der Waals surface area (Å²) in [6.45, 7) is 6.25. The molecule has 2 atom stereocenters. The number of carbonyl (C=O) groups is 1. The lowest BCUT2D eigenvalue weighted by Gasteiger charge is -2.17. The van der Waals surface area contributed by atoms with Gasteiger partial charge in [0, 0.05) is 23.0 Å². The van der Waals surface area contributed by atoms with Gasteiger partial charge in [0.25, 0.3) is 0 Å². The van der Waals surface area contributed by atoms with Gasteiger partial charge < -0.3 is 11.1 Å². The van der Waals surface area contributed by atoms with Crippen LogP contribution in [0, 0.1) is 5.92 Å². The fourth-order valence-corrected chi connectivity index (χ4v) is 3.04. The molecule has 1 aromatic heterocycles. The van der Waals surface area contributed by atoms with Crippen LogP contribution < -0.4 is 11.1 Å². The Hall–Kier alpha value is -1.17. The van der Waals surface area contributed by atoms with Crippen molar-refractivity contribution in [3.05, 3.63) is 5.82 Å². The summed E-state index contributed by atoms with van der Waals surface area (Å²) < 4.78 is 4.35. The van der Waals surface area contributed by atoms with Crippen molar-refractivity contribution in [2.24, 2.45) is 11.7 Å². The first-order chi connectivity index (χ1) is 8.38. The van der Waals surface area contributed by atoms with E-state index in [1.807, 2.05) is 0 Å². The summed E-state index contributed by atoms with van der Waals surface area (Å²) >= 11 is 1.35. The first-order valence-corrected chi connectivity index (χ1v) is 7.05. The Balaban J connectivity index is 2.05. The summed E-state index contributed by atoms with van der Waals surface area (Å²) in [7, 11) is 0. The topological polar surface area (TPSA) is 80.9 Å². The molecule has 18 heavy (non-hydrogen) atoms. The fourth-order valence-electron chi connectivity index (χ4n) is 2.22. The number of aromatic nitrogens is 2. The highest BCUT2D eigenvalue weighted by Crippen LogP contribution is 2.30. The second kappa shape index (κ2) is 4.84. The Morgan fingerprint density at radius 1 is 1.44 bits per heavy atom. The van der Waals surface area contributed by atoms with E-state index in [0.29, 0.717) is 0 Å². The minimum absolute atomic E-state index is 0.0464. The molecule has 0 aliphatic heterocycles. The van der Waals surface area contributed by atoms with Crippen molar-refractivity contribution < 1.29 is 4.79 Å². The highest BCUT2D eigenvalue weighted by molar-refractivity contribution is 7.09. The number of hydrogen-bond donors (Lipinski definition) is 2. The maximum atomic E-state index is 11.3. The summed E-state index contributed by atoms with van der Waals surface area (Å²) in [6.07, 6.45) is 2.88. The van der Waals surface area contributed by atoms with Gasteiger partial charge in [-0.05, 0) is 12.8 Å². The van der Waals surface area contributed by atoms with Gasteiger partial charge in [0.1, 0.15) is 5.82 Å². The van der Waals surface area contributed by atoms with Crippen LogP contribution in [0.4, 0.5) is 5.13 Å². The monoisotopic (exact) mass is 268 g/mol. The van der Waals surface area contributed by atoms with Crippen molar-refractivity contribution >= 4 is 22.6 Å². The molecule has 0 radical (unpaired) electrons. The molecule has 100 valence electrons. The predicted octanol–water partition coefficient (Wildman–Crippen LogP) is 1.90. The van der Waals surface area contributed by atoms with Gasteiger partial charge >= 0.3 is 0 Å². The van der Waals surface area contributed by atoms with Crippen LogP contribution in [0.3, 0.4) is 0 Å². The zero-order valence-corrected chi connectivity index (χ0v) is 11.9. The van der Waals surface area contributed by atoms with Crippen molar-refractivity contribution in [1.82, 2.24) is 9.36 Å². The van der Waals surface area contributed by atoms with Crippen LogP contribution in [-0.2, 0) is 10.2 Å². The van der Waals surface area contributed by atoms with Crippen LogP contribution in [0.2, 0.25) is 0 Å². The van der Waals surface area contributed by atoms with E-state index in [1.54, 1.807) is 0 Å². The van der Waals surface area contributed by atoms with Crippen molar-refractivity contribution in [3.63, 3.8) is 0 Å². The van der Waals surface area contributed by atoms with Crippen LogP contribution >= 0.6 is 11.5 Å². The largest absolute Gasteiger partial charge is 0.369 e. The number of nitrogens with zero attached hydrogens (tertiary/aromatic N) is 2. The molecule has 1 aromatic rings. The van der Waals surface area contributed by atoms with Gasteiger partial charge in [-0.15, -0.1) is 0 Å². The van der Waals surface area contributed by atoms with E-state index in [2.05, 4.69) is 35.4 Å². The molecule has 2 rings (SSSR count). The zero-order valence-electron chi connectivity index (χ0n) is 11.1. The molecule has 1 fully saturated rings. The molecule has 1 saturated carbocycles. The third kappa shape index (κ3) is 2.80. The maximum absolute atomic E-state index is 11.3. The lowest BCUT2D eigenvalue weighted by molar-refractivity contribution is -0.121. The van der Waals surface area contributed by atoms with E-state index < -0.39 is 0 Å². The van der Waals surface area contributed by atoms with Crippen LogP contribution in [-0.4, -0.2) is 21.3 Å². The van der Waals surface area contributed by atoms with Gasteiger partial charge in [-0.25, -0.2) is 4.98 Å². The predicted molar refractivity (Wildman–Crippen MR) is 72.6 cm³/mol. The van der Waals surface area contributed by atoms with Gasteiger partial charge in [-0.1, -0.05) is 27.2 Å². The Labute approximate surface area is 111 Å². The van der Waals surface area contributed by atoms with E-state index in [9.17, 15) is 4.79 Å². The van der Waals surface area contributed by atoms with E-state index >= 15 is 0 Å². The van der Waals surface area contributed by atoms with Crippen molar-refractivity contribution in [2.45, 2.75) is 51.5 Å². The highest BCUT2D eigenvalue weighted by Gasteiger charge is 2.32. The van der Waals surface area contributed by atoms with Crippen LogP contribution in [0.5, 0.6) is 0 Å². The van der Waals surface area contributed by atoms with Crippen LogP contribution in [0.25, 0.3) is 0 Å². The minimum atomic E-state index is -0.217. The average Bonchev–Trinajstić information content (AvgIpc) is 2.85. The Bertz CT molecular complexity index is 438. The van der Waals surface area contributed by atoms with Crippen LogP contribution in [0.15, 0.2) is 0 Å². The van der Waals surface area contributed by atoms with Crippen molar-refractivity contribution in [2.75, 3.05) is 5.32 Å². The molecule has 2 unspecified atom stereocenters. The zero-order chi connectivity index (χ0) is 13.3. The third-order valence-electron chi connectivity index (χ3n) is 3.29. The van der Waals surface area contributed by atoms with Crippen LogP contribution in [0.1, 0.15) is 45.9 Å². The van der Waals surface area contributed by atoms with E-state index in [4.69, 9.17) is 5.73 Å². The molecule has 1 amide bonds. The molecule has 1 aliphatic carbocycles. The SMILES string of the molecule is CC(C)(C)c1nsc(NC2CCCC2C(N)=O)n1. The normalized spacial score (nSPS) is 24.2. The third-order valence-corrected chi connectivity index (χ3v) is 3.93. The number of hydrogen-bond acceptors (Lipinski definition) is 5. The first kappa shape index (κ1) is 13.3. The second-order valence-corrected chi connectivity index (χ2v) is 6.62. The van der Waals surface area contributed by atoms with Crippen molar-refractivity contribution in [3.8, 4) is 0 Å². The van der Waals surface area contributed by atoms with Crippen molar-refractivity contribution in [1.29, 1.82) is 0 Å². The number of carbonyl (C=O) groups excluding carboxylic acids is 1. The molecule has 1 heterocycles. The summed E-state index contributed by atoms with van der Waals surface area (Å²) in [4.78, 5) is 15.8. The molecule has 0 saturated heterocycles. The quantitative estimate of drug-likeness (QED) is 0.877. The molecule has 5 nitrogen and oxygen atoms in total. The minimum Gasteiger partial charge on any atom is -0.369 e. The standard InChI is InChI=1S/C12H20N4OS/c1-12(2,3)10-15-11(18-16-10)14-8-6-4-5-7(8)9(13)17/h7-8H,4-6H2,1-3H3,(H2,13,17)(H,14,15,16). The van der Waals surface area contributed by atoms with Gasteiger partial charge in [-0.3, -0.25) is 4.79 Å². The second-order valence-electron chi connectivity index (χ2n) is 5.86. The molecular weight excluding hydrogens is 248 g/mol. The molecular formula is C12H20N4OS. The average molecular weight is 268 g/mol. The summed E-state index contributed by atoms with van der Waals surface area (Å²) in [5, 5.41) is 4.10. The number of primary amides is 1. The number of anilines is 1. The number of rotatable bonds is 3. The summed E-state index contributed by atoms with van der Waals surface area (Å²) in [5.74, 6) is 0.543. The van der Waals surface area contributed by atoms with E-state index in [1.165, 1.54) is 11.5 Å². The molecule has 3 N–H and O–H groups in total. The Morgan fingerprint density at radius 3 is 2.72 bits per heavy atom. The molecule has 1 aliphatic rings. The first-order valence-electron chi connectivity index (χ1n) is 6.28. The lowest BCUT2D eigenvalue weighted by atomic mass is 9.96. The maximum Gasteiger partial charge on any atom is 0.222 e. The molecule has 0 spiro atoms. The van der Waals surface area contributed by atoms with Gasteiger partial charge in [-0.2, -0.15) is 4.37 Å². The Morgan fingerprint density at radius 2 is 2.17 bits per heavy atom. The summed E-state index contributed by atoms with van der Waals surface area (Å²) in [6, 6.07) is 0.114. The number of nitrogens with two attached hydrogens (primary N) is 1. The molecule has 6 heteroatoms. The van der Waals surface area contributed by atoms with Gasteiger partial charge in [0.2, 0.25) is 11.0 Å². The number of amides is 1. The Kier molecular flexibility index (Phi) is 3.56. The van der Waals surface area contributed by atoms with Gasteiger partial charge in [0.15, 0.2) is 0 Å². The van der Waals surface area contributed by atoms with Gasteiger partial charge in [0.05, 0.1) is 5.92 Å². The van der Waals surface area contributed by atoms with E-state index in [0.717, 1.165) is 30.2 Å². The lowest BCUT2D eigenvalue weighted by Crippen LogP contribution is -2.34. The molecule has 0 bridgehead atoms. The number of nitrogens with one attached hydrogen (secondary N) is 1. The van der Waals surface area contributed by atoms with E-state index in [-0.39, 0.29) is 23.3 Å². The highest BCUT2D eigenvalue weighted by atomic mass is 32.1. The smallest absolute Gasteiger partial charge is 0.222 e.